The number of unbranched alkanes of at least 4 members (excludes halogenated alkanes) is 2. The third kappa shape index (κ3) is 7.46. The van der Waals surface area contributed by atoms with Crippen LogP contribution in [0.5, 0.6) is 0 Å². The Balaban J connectivity index is 1.38. The summed E-state index contributed by atoms with van der Waals surface area (Å²) in [6.45, 7) is 0.462. The van der Waals surface area contributed by atoms with Crippen molar-refractivity contribution in [2.45, 2.75) is 25.7 Å². The highest BCUT2D eigenvalue weighted by Crippen LogP contribution is 2.32. The molecule has 2 aromatic rings. The van der Waals surface area contributed by atoms with Crippen molar-refractivity contribution in [3.8, 4) is 0 Å². The fourth-order valence-electron chi connectivity index (χ4n) is 3.17. The molecule has 11 heteroatoms. The molecule has 3 amide bonds. The average molecular weight is 513 g/mol. The number of pyridine rings is 1. The first-order valence-electron chi connectivity index (χ1n) is 10.8. The molecule has 0 unspecified atom stereocenters. The molecule has 9 nitrogen and oxygen atoms in total. The number of amides is 3. The average Bonchev–Trinajstić information content (AvgIpc) is 3.14. The molecule has 1 fully saturated rings. The summed E-state index contributed by atoms with van der Waals surface area (Å²) in [6, 6.07) is 9.85. The summed E-state index contributed by atoms with van der Waals surface area (Å²) in [7, 11) is 1.32. The maximum Gasteiger partial charge on any atom is 0.337 e. The molecule has 0 atom stereocenters. The number of esters is 1. The van der Waals surface area contributed by atoms with Gasteiger partial charge in [0.15, 0.2) is 0 Å². The van der Waals surface area contributed by atoms with Crippen LogP contribution in [0.25, 0.3) is 6.08 Å². The Morgan fingerprint density at radius 1 is 1.03 bits per heavy atom. The van der Waals surface area contributed by atoms with Gasteiger partial charge in [0.2, 0.25) is 5.91 Å². The Bertz CT molecular complexity index is 1140. The zero-order valence-corrected chi connectivity index (χ0v) is 20.6. The van der Waals surface area contributed by atoms with E-state index in [0.717, 1.165) is 12.0 Å². The smallest absolute Gasteiger partial charge is 0.337 e. The quantitative estimate of drug-likeness (QED) is 0.173. The van der Waals surface area contributed by atoms with Crippen LogP contribution in [0.15, 0.2) is 53.7 Å². The van der Waals surface area contributed by atoms with Gasteiger partial charge in [-0.05, 0) is 48.7 Å². The van der Waals surface area contributed by atoms with Gasteiger partial charge in [0.25, 0.3) is 11.8 Å². The zero-order chi connectivity index (χ0) is 25.2. The van der Waals surface area contributed by atoms with Gasteiger partial charge in [-0.15, -0.1) is 0 Å². The number of methoxy groups -OCH3 is 1. The van der Waals surface area contributed by atoms with Crippen molar-refractivity contribution in [1.82, 2.24) is 20.7 Å². The van der Waals surface area contributed by atoms with Crippen LogP contribution >= 0.6 is 24.0 Å². The van der Waals surface area contributed by atoms with E-state index in [1.807, 2.05) is 0 Å². The number of hydrogen-bond donors (Lipinski definition) is 2. The second-order valence-corrected chi connectivity index (χ2v) is 9.17. The summed E-state index contributed by atoms with van der Waals surface area (Å²) in [5.41, 5.74) is 6.36. The molecule has 1 aliphatic rings. The number of thioether (sulfide) groups is 1. The largest absolute Gasteiger partial charge is 0.465 e. The first kappa shape index (κ1) is 26.0. The highest BCUT2D eigenvalue weighted by atomic mass is 32.2. The van der Waals surface area contributed by atoms with Crippen LogP contribution in [0.2, 0.25) is 0 Å². The standard InChI is InChI=1S/C24H24N4O5S2/c1-33-23(32)18-8-6-16(7-9-18)15-19-22(31)28(24(34)35-19)14-4-2-3-5-20(29)26-27-21(30)17-10-12-25-13-11-17/h6-13,15H,2-5,14H2,1H3,(H,26,29)(H,27,30)/b19-15-. The summed E-state index contributed by atoms with van der Waals surface area (Å²) in [6.07, 6.45) is 6.99. The maximum absolute atomic E-state index is 12.7. The number of rotatable bonds is 9. The second-order valence-electron chi connectivity index (χ2n) is 7.50. The molecule has 0 bridgehead atoms. The van der Waals surface area contributed by atoms with Crippen LogP contribution in [0.1, 0.15) is 52.0 Å². The molecule has 2 N–H and O–H groups in total. The number of aromatic nitrogens is 1. The summed E-state index contributed by atoms with van der Waals surface area (Å²) in [5.74, 6) is -1.29. The van der Waals surface area contributed by atoms with E-state index in [-0.39, 0.29) is 18.2 Å². The summed E-state index contributed by atoms with van der Waals surface area (Å²) >= 11 is 6.59. The van der Waals surface area contributed by atoms with Crippen molar-refractivity contribution in [1.29, 1.82) is 0 Å². The molecule has 0 spiro atoms. The van der Waals surface area contributed by atoms with Gasteiger partial charge >= 0.3 is 5.97 Å². The van der Waals surface area contributed by atoms with Gasteiger partial charge in [0.05, 0.1) is 17.6 Å². The molecule has 0 aliphatic carbocycles. The van der Waals surface area contributed by atoms with E-state index in [0.29, 0.717) is 39.7 Å². The minimum absolute atomic E-state index is 0.159. The topological polar surface area (TPSA) is 118 Å². The lowest BCUT2D eigenvalue weighted by Gasteiger charge is -2.14. The normalized spacial score (nSPS) is 14.2. The third-order valence-electron chi connectivity index (χ3n) is 5.05. The Morgan fingerprint density at radius 2 is 1.74 bits per heavy atom. The van der Waals surface area contributed by atoms with Crippen molar-refractivity contribution in [2.24, 2.45) is 0 Å². The summed E-state index contributed by atoms with van der Waals surface area (Å²) in [5, 5.41) is 0. The first-order valence-corrected chi connectivity index (χ1v) is 12.0. The summed E-state index contributed by atoms with van der Waals surface area (Å²) < 4.78 is 5.17. The minimum atomic E-state index is -0.421. The fourth-order valence-corrected chi connectivity index (χ4v) is 4.48. The first-order chi connectivity index (χ1) is 16.9. The van der Waals surface area contributed by atoms with Gasteiger partial charge in [-0.3, -0.25) is 35.1 Å². The summed E-state index contributed by atoms with van der Waals surface area (Å²) in [4.78, 5) is 54.0. The second kappa shape index (κ2) is 12.8. The Kier molecular flexibility index (Phi) is 9.50. The van der Waals surface area contributed by atoms with Crippen LogP contribution in [-0.2, 0) is 14.3 Å². The predicted octanol–water partition coefficient (Wildman–Crippen LogP) is 3.09. The van der Waals surface area contributed by atoms with E-state index in [9.17, 15) is 19.2 Å². The van der Waals surface area contributed by atoms with Crippen molar-refractivity contribution in [2.75, 3.05) is 13.7 Å². The van der Waals surface area contributed by atoms with Crippen LogP contribution in [0.3, 0.4) is 0 Å². The number of nitrogens with one attached hydrogen (secondary N) is 2. The molecule has 0 saturated carbocycles. The van der Waals surface area contributed by atoms with E-state index in [1.54, 1.807) is 47.4 Å². The van der Waals surface area contributed by atoms with E-state index >= 15 is 0 Å². The van der Waals surface area contributed by atoms with Gasteiger partial charge in [-0.25, -0.2) is 4.79 Å². The number of carbonyl (C=O) groups excluding carboxylic acids is 4. The number of thiocarbonyl (C=S) groups is 1. The SMILES string of the molecule is COC(=O)c1ccc(/C=C2\SC(=S)N(CCCCCC(=O)NNC(=O)c3ccncc3)C2=O)cc1. The molecule has 1 aromatic heterocycles. The van der Waals surface area contributed by atoms with Crippen LogP contribution in [0, 0.1) is 0 Å². The Morgan fingerprint density at radius 3 is 2.43 bits per heavy atom. The van der Waals surface area contributed by atoms with Gasteiger partial charge in [-0.1, -0.05) is 42.5 Å². The lowest BCUT2D eigenvalue weighted by molar-refractivity contribution is -0.123. The molecule has 182 valence electrons. The highest BCUT2D eigenvalue weighted by Gasteiger charge is 2.31. The molecule has 1 aliphatic heterocycles. The number of carbonyl (C=O) groups is 4. The minimum Gasteiger partial charge on any atom is -0.465 e. The van der Waals surface area contributed by atoms with Gasteiger partial charge < -0.3 is 4.74 Å². The number of hydrazine groups is 1. The number of benzene rings is 1. The molecule has 0 radical (unpaired) electrons. The lowest BCUT2D eigenvalue weighted by atomic mass is 10.1. The fraction of sp³-hybridized carbons (Fsp3) is 0.250. The van der Waals surface area contributed by atoms with E-state index < -0.39 is 11.9 Å². The monoisotopic (exact) mass is 512 g/mol. The molecule has 35 heavy (non-hydrogen) atoms. The number of hydrogen-bond acceptors (Lipinski definition) is 8. The van der Waals surface area contributed by atoms with Gasteiger partial charge in [-0.2, -0.15) is 0 Å². The van der Waals surface area contributed by atoms with Crippen molar-refractivity contribution in [3.63, 3.8) is 0 Å². The molecule has 2 heterocycles. The maximum atomic E-state index is 12.7. The Labute approximate surface area is 212 Å². The van der Waals surface area contributed by atoms with Crippen molar-refractivity contribution >= 4 is 58.1 Å². The van der Waals surface area contributed by atoms with E-state index in [2.05, 4.69) is 20.6 Å². The molecule has 1 aromatic carbocycles. The third-order valence-corrected chi connectivity index (χ3v) is 6.42. The zero-order valence-electron chi connectivity index (χ0n) is 19.0. The molecule has 3 rings (SSSR count). The van der Waals surface area contributed by atoms with E-state index in [4.69, 9.17) is 12.2 Å². The van der Waals surface area contributed by atoms with Crippen LogP contribution < -0.4 is 10.9 Å². The number of ether oxygens (including phenoxy) is 1. The van der Waals surface area contributed by atoms with Gasteiger partial charge in [0.1, 0.15) is 4.32 Å². The molecule has 1 saturated heterocycles. The van der Waals surface area contributed by atoms with Crippen LogP contribution in [-0.4, -0.2) is 51.5 Å². The van der Waals surface area contributed by atoms with Crippen molar-refractivity contribution < 1.29 is 23.9 Å². The van der Waals surface area contributed by atoms with Crippen molar-refractivity contribution in [3.05, 3.63) is 70.4 Å². The molecular formula is C24H24N4O5S2. The predicted molar refractivity (Wildman–Crippen MR) is 136 cm³/mol. The van der Waals surface area contributed by atoms with E-state index in [1.165, 1.54) is 31.3 Å². The Hall–Kier alpha value is -3.57. The van der Waals surface area contributed by atoms with Crippen LogP contribution in [0.4, 0.5) is 0 Å². The molecular weight excluding hydrogens is 488 g/mol. The van der Waals surface area contributed by atoms with Gasteiger partial charge in [0, 0.05) is 30.9 Å². The number of nitrogens with zero attached hydrogens (tertiary/aromatic N) is 2. The highest BCUT2D eigenvalue weighted by molar-refractivity contribution is 8.26. The lowest BCUT2D eigenvalue weighted by Crippen LogP contribution is -2.41.